The largest absolute Gasteiger partial charge is 0.353 e. The maximum atomic E-state index is 11.8. The Bertz CT molecular complexity index is 208. The van der Waals surface area contributed by atoms with Crippen molar-refractivity contribution in [3.63, 3.8) is 0 Å². The summed E-state index contributed by atoms with van der Waals surface area (Å²) in [5.41, 5.74) is 0. The second-order valence-corrected chi connectivity index (χ2v) is 2.89. The number of guanidine groups is 1. The van der Waals surface area contributed by atoms with Crippen LogP contribution in [0.5, 0.6) is 0 Å². The molecule has 0 aromatic rings. The maximum absolute atomic E-state index is 11.8. The van der Waals surface area contributed by atoms with Gasteiger partial charge >= 0.3 is 0 Å². The summed E-state index contributed by atoms with van der Waals surface area (Å²) < 4.78 is 11.8. The van der Waals surface area contributed by atoms with Crippen LogP contribution in [0.3, 0.4) is 0 Å². The van der Waals surface area contributed by atoms with E-state index in [-0.39, 0.29) is 6.54 Å². The molecule has 0 aliphatic rings. The summed E-state index contributed by atoms with van der Waals surface area (Å²) in [4.78, 5) is 6.03. The number of nitriles is 1. The van der Waals surface area contributed by atoms with Gasteiger partial charge in [0.1, 0.15) is 6.67 Å². The number of nitrogens with one attached hydrogen (secondary N) is 2. The van der Waals surface area contributed by atoms with Crippen molar-refractivity contribution in [3.8, 4) is 6.19 Å². The zero-order valence-corrected chi connectivity index (χ0v) is 8.55. The van der Waals surface area contributed by atoms with Crippen molar-refractivity contribution < 1.29 is 4.39 Å². The normalized spacial score (nSPS) is 11.2. The first-order chi connectivity index (χ1) is 6.70. The Kier molecular flexibility index (Phi) is 7.46. The Labute approximate surface area is 83.6 Å². The second kappa shape index (κ2) is 8.26. The van der Waals surface area contributed by atoms with E-state index in [1.54, 1.807) is 6.19 Å². The molecule has 14 heavy (non-hydrogen) atoms. The Hall–Kier alpha value is -1.35. The van der Waals surface area contributed by atoms with E-state index in [1.807, 2.05) is 19.0 Å². The number of halogens is 1. The number of hydrogen-bond acceptors (Lipinski definition) is 3. The summed E-state index contributed by atoms with van der Waals surface area (Å²) in [6.45, 7) is 1.03. The summed E-state index contributed by atoms with van der Waals surface area (Å²) in [7, 11) is 3.86. The maximum Gasteiger partial charge on any atom is 0.204 e. The first kappa shape index (κ1) is 12.7. The van der Waals surface area contributed by atoms with E-state index in [2.05, 4.69) is 15.6 Å². The number of hydrogen-bond donors (Lipinski definition) is 2. The average molecular weight is 201 g/mol. The number of alkyl halides is 1. The van der Waals surface area contributed by atoms with Crippen molar-refractivity contribution in [3.05, 3.63) is 0 Å². The van der Waals surface area contributed by atoms with Gasteiger partial charge in [0.15, 0.2) is 6.19 Å². The van der Waals surface area contributed by atoms with E-state index in [0.29, 0.717) is 12.5 Å². The van der Waals surface area contributed by atoms with Gasteiger partial charge in [0.2, 0.25) is 5.96 Å². The Morgan fingerprint density at radius 3 is 2.79 bits per heavy atom. The minimum Gasteiger partial charge on any atom is -0.353 e. The third-order valence-electron chi connectivity index (χ3n) is 1.38. The van der Waals surface area contributed by atoms with E-state index in [0.717, 1.165) is 6.54 Å². The van der Waals surface area contributed by atoms with Crippen molar-refractivity contribution in [1.29, 1.82) is 5.26 Å². The predicted molar refractivity (Wildman–Crippen MR) is 53.6 cm³/mol. The minimum atomic E-state index is -0.486. The molecule has 80 valence electrons. The van der Waals surface area contributed by atoms with E-state index in [9.17, 15) is 4.39 Å². The molecule has 5 nitrogen and oxygen atoms in total. The monoisotopic (exact) mass is 201 g/mol. The number of nitrogens with zero attached hydrogens (tertiary/aromatic N) is 3. The molecule has 0 spiro atoms. The molecule has 0 radical (unpaired) electrons. The Morgan fingerprint density at radius 1 is 1.57 bits per heavy atom. The molecule has 0 rings (SSSR count). The van der Waals surface area contributed by atoms with E-state index < -0.39 is 6.67 Å². The molecule has 6 heteroatoms. The van der Waals surface area contributed by atoms with Crippen LogP contribution in [0, 0.1) is 11.5 Å². The summed E-state index contributed by atoms with van der Waals surface area (Å²) in [6, 6.07) is 0. The van der Waals surface area contributed by atoms with Crippen LogP contribution in [0.15, 0.2) is 4.99 Å². The van der Waals surface area contributed by atoms with Crippen LogP contribution in [0.2, 0.25) is 0 Å². The van der Waals surface area contributed by atoms with Gasteiger partial charge < -0.3 is 10.2 Å². The van der Waals surface area contributed by atoms with Crippen LogP contribution in [-0.2, 0) is 0 Å². The van der Waals surface area contributed by atoms with Crippen LogP contribution in [-0.4, -0.2) is 51.3 Å². The van der Waals surface area contributed by atoms with Crippen LogP contribution in [0.4, 0.5) is 4.39 Å². The number of likely N-dealkylation sites (N-methyl/N-ethyl adjacent to an activating group) is 1. The Balaban J connectivity index is 3.86. The van der Waals surface area contributed by atoms with Crippen LogP contribution < -0.4 is 10.6 Å². The van der Waals surface area contributed by atoms with Gasteiger partial charge in [-0.3, -0.25) is 10.3 Å². The standard InChI is InChI=1S/C8H16FN5/c1-14(2)6-5-12-8(13-7-10)11-4-3-9/h3-6H2,1-2H3,(H2,11,12,13). The highest BCUT2D eigenvalue weighted by Gasteiger charge is 1.95. The van der Waals surface area contributed by atoms with Gasteiger partial charge in [-0.1, -0.05) is 0 Å². The quantitative estimate of drug-likeness (QED) is 0.273. The fourth-order valence-electron chi connectivity index (χ4n) is 0.720. The lowest BCUT2D eigenvalue weighted by Crippen LogP contribution is -2.36. The zero-order chi connectivity index (χ0) is 10.8. The second-order valence-electron chi connectivity index (χ2n) is 2.89. The van der Waals surface area contributed by atoms with Gasteiger partial charge in [0.05, 0.1) is 6.54 Å². The average Bonchev–Trinajstić information content (AvgIpc) is 2.13. The third kappa shape index (κ3) is 7.31. The van der Waals surface area contributed by atoms with Gasteiger partial charge in [-0.25, -0.2) is 4.39 Å². The molecule has 0 aliphatic heterocycles. The summed E-state index contributed by atoms with van der Waals surface area (Å²) >= 11 is 0. The van der Waals surface area contributed by atoms with Crippen LogP contribution in [0.1, 0.15) is 0 Å². The first-order valence-corrected chi connectivity index (χ1v) is 4.34. The molecule has 0 bridgehead atoms. The van der Waals surface area contributed by atoms with Gasteiger partial charge in [0.25, 0.3) is 0 Å². The molecule has 0 saturated heterocycles. The smallest absolute Gasteiger partial charge is 0.204 e. The highest BCUT2D eigenvalue weighted by molar-refractivity contribution is 5.81. The van der Waals surface area contributed by atoms with Crippen molar-refractivity contribution in [2.45, 2.75) is 0 Å². The van der Waals surface area contributed by atoms with Gasteiger partial charge in [0, 0.05) is 13.1 Å². The molecule has 0 saturated carbocycles. The minimum absolute atomic E-state index is 0.162. The summed E-state index contributed by atoms with van der Waals surface area (Å²) in [5.74, 6) is 0.326. The molecule has 0 heterocycles. The number of aliphatic imine (C=N–C) groups is 1. The molecular weight excluding hydrogens is 185 g/mol. The summed E-state index contributed by atoms with van der Waals surface area (Å²) in [6.07, 6.45) is 1.74. The van der Waals surface area contributed by atoms with E-state index in [1.165, 1.54) is 0 Å². The summed E-state index contributed by atoms with van der Waals surface area (Å²) in [5, 5.41) is 13.4. The molecule has 0 atom stereocenters. The van der Waals surface area contributed by atoms with Crippen LogP contribution in [0.25, 0.3) is 0 Å². The molecular formula is C8H16FN5. The molecule has 0 fully saturated rings. The molecule has 2 N–H and O–H groups in total. The van der Waals surface area contributed by atoms with Gasteiger partial charge in [-0.2, -0.15) is 5.26 Å². The van der Waals surface area contributed by atoms with E-state index >= 15 is 0 Å². The molecule has 0 aromatic heterocycles. The highest BCUT2D eigenvalue weighted by atomic mass is 19.1. The van der Waals surface area contributed by atoms with Crippen molar-refractivity contribution in [2.75, 3.05) is 40.4 Å². The van der Waals surface area contributed by atoms with E-state index in [4.69, 9.17) is 5.26 Å². The lowest BCUT2D eigenvalue weighted by Gasteiger charge is -2.08. The van der Waals surface area contributed by atoms with Crippen molar-refractivity contribution in [2.24, 2.45) is 4.99 Å². The zero-order valence-electron chi connectivity index (χ0n) is 8.55. The fraction of sp³-hybridized carbons (Fsp3) is 0.750. The van der Waals surface area contributed by atoms with Gasteiger partial charge in [-0.15, -0.1) is 0 Å². The topological polar surface area (TPSA) is 63.5 Å². The third-order valence-corrected chi connectivity index (χ3v) is 1.38. The number of rotatable bonds is 5. The lowest BCUT2D eigenvalue weighted by molar-refractivity contribution is 0.420. The molecule has 0 amide bonds. The fourth-order valence-corrected chi connectivity index (χ4v) is 0.720. The van der Waals surface area contributed by atoms with Crippen molar-refractivity contribution in [1.82, 2.24) is 15.5 Å². The molecule has 0 unspecified atom stereocenters. The van der Waals surface area contributed by atoms with Crippen molar-refractivity contribution >= 4 is 5.96 Å². The highest BCUT2D eigenvalue weighted by Crippen LogP contribution is 1.77. The lowest BCUT2D eigenvalue weighted by atomic mass is 10.6. The Morgan fingerprint density at radius 2 is 2.29 bits per heavy atom. The first-order valence-electron chi connectivity index (χ1n) is 4.34. The molecule has 0 aliphatic carbocycles. The van der Waals surface area contributed by atoms with Gasteiger partial charge in [-0.05, 0) is 14.1 Å². The SMILES string of the molecule is CN(C)CCN=C(NC#N)NCCF. The molecule has 0 aromatic carbocycles. The predicted octanol–water partition coefficient (Wildman–Crippen LogP) is -0.466. The van der Waals surface area contributed by atoms with Crippen LogP contribution >= 0.6 is 0 Å².